The molecule has 0 bridgehead atoms. The van der Waals surface area contributed by atoms with Gasteiger partial charge in [0.2, 0.25) is 0 Å². The van der Waals surface area contributed by atoms with Crippen LogP contribution in [-0.2, 0) is 23.1 Å². The largest absolute Gasteiger partial charge is 0.472 e. The van der Waals surface area contributed by atoms with Crippen molar-refractivity contribution in [2.75, 3.05) is 47.1 Å². The van der Waals surface area contributed by atoms with Gasteiger partial charge in [0, 0.05) is 20.3 Å². The molecule has 0 aliphatic carbocycles. The van der Waals surface area contributed by atoms with Crippen LogP contribution in [0.4, 0.5) is 0 Å². The maximum atomic E-state index is 11.7. The van der Waals surface area contributed by atoms with Crippen molar-refractivity contribution in [1.29, 1.82) is 0 Å². The van der Waals surface area contributed by atoms with Gasteiger partial charge in [0.15, 0.2) is 0 Å². The van der Waals surface area contributed by atoms with Crippen molar-refractivity contribution in [3.05, 3.63) is 12.2 Å². The molecule has 0 aromatic rings. The van der Waals surface area contributed by atoms with Crippen LogP contribution in [0.15, 0.2) is 12.2 Å². The summed E-state index contributed by atoms with van der Waals surface area (Å²) >= 11 is 0. The third kappa shape index (κ3) is 24.8. The molecule has 0 aromatic carbocycles. The fraction of sp³-hybridized carbons (Fsp3) is 0.923. The minimum absolute atomic E-state index is 0.0443. The molecule has 0 aliphatic rings. The molecule has 34 heavy (non-hydrogen) atoms. The maximum Gasteiger partial charge on any atom is 0.472 e. The molecule has 0 radical (unpaired) electrons. The van der Waals surface area contributed by atoms with E-state index in [1.165, 1.54) is 90.6 Å². The second-order valence-electron chi connectivity index (χ2n) is 8.93. The average Bonchev–Trinajstić information content (AvgIpc) is 2.82. The molecule has 2 N–H and O–H groups in total. The molecule has 0 spiro atoms. The van der Waals surface area contributed by atoms with Gasteiger partial charge in [-0.05, 0) is 39.2 Å². The lowest BCUT2D eigenvalue weighted by Crippen LogP contribution is -2.24. The van der Waals surface area contributed by atoms with E-state index in [1.54, 1.807) is 7.05 Å². The van der Waals surface area contributed by atoms with Crippen LogP contribution in [0.3, 0.4) is 0 Å². The van der Waals surface area contributed by atoms with Gasteiger partial charge in [-0.2, -0.15) is 0 Å². The van der Waals surface area contributed by atoms with Gasteiger partial charge in [-0.25, -0.2) is 4.57 Å². The minimum Gasteiger partial charge on any atom is -0.379 e. The van der Waals surface area contributed by atoms with E-state index >= 15 is 0 Å². The number of likely N-dealkylation sites (N-methyl/N-ethyl adjacent to an activating group) is 1. The Morgan fingerprint density at radius 2 is 1.35 bits per heavy atom. The fourth-order valence-corrected chi connectivity index (χ4v) is 4.26. The van der Waals surface area contributed by atoms with Crippen molar-refractivity contribution in [3.63, 3.8) is 0 Å². The minimum atomic E-state index is -4.05. The summed E-state index contributed by atoms with van der Waals surface area (Å²) in [5.41, 5.74) is 0. The van der Waals surface area contributed by atoms with E-state index in [0.29, 0.717) is 19.8 Å². The number of hydrogen-bond acceptors (Lipinski definition) is 6. The van der Waals surface area contributed by atoms with Crippen LogP contribution in [0, 0.1) is 0 Å². The summed E-state index contributed by atoms with van der Waals surface area (Å²) in [6, 6.07) is 0. The van der Waals surface area contributed by atoms with Gasteiger partial charge in [0.25, 0.3) is 0 Å². The number of rotatable bonds is 27. The zero-order chi connectivity index (χ0) is 25.2. The van der Waals surface area contributed by atoms with E-state index in [1.807, 2.05) is 0 Å². The molecule has 2 unspecified atom stereocenters. The van der Waals surface area contributed by atoms with Gasteiger partial charge in [-0.15, -0.1) is 0 Å². The van der Waals surface area contributed by atoms with Gasteiger partial charge in [0.05, 0.1) is 19.8 Å². The number of unbranched alkanes of at least 4 members (excludes halogenated alkanes) is 13. The zero-order valence-corrected chi connectivity index (χ0v) is 23.2. The van der Waals surface area contributed by atoms with E-state index in [2.05, 4.69) is 24.4 Å². The van der Waals surface area contributed by atoms with Gasteiger partial charge in [-0.3, -0.25) is 9.05 Å². The number of nitrogens with one attached hydrogen (secondary N) is 1. The van der Waals surface area contributed by atoms with Crippen molar-refractivity contribution in [3.8, 4) is 0 Å². The number of phosphoric ester groups is 1. The maximum absolute atomic E-state index is 11.7. The van der Waals surface area contributed by atoms with Crippen LogP contribution in [0.1, 0.15) is 103 Å². The molecule has 0 heterocycles. The summed E-state index contributed by atoms with van der Waals surface area (Å²) < 4.78 is 32.4. The van der Waals surface area contributed by atoms with Crippen molar-refractivity contribution in [2.24, 2.45) is 0 Å². The van der Waals surface area contributed by atoms with Gasteiger partial charge in [-0.1, -0.05) is 83.3 Å². The molecule has 0 fully saturated rings. The van der Waals surface area contributed by atoms with Crippen LogP contribution in [0.5, 0.6) is 0 Å². The lowest BCUT2D eigenvalue weighted by molar-refractivity contribution is -0.0220. The number of phosphoric acid groups is 1. The van der Waals surface area contributed by atoms with Crippen LogP contribution >= 0.6 is 7.82 Å². The lowest BCUT2D eigenvalue weighted by atomic mass is 10.1. The number of ether oxygens (including phenoxy) is 2. The third-order valence-corrected chi connectivity index (χ3v) is 6.70. The standard InChI is InChI=1S/C26H54NO6P/c1-4-5-6-7-8-9-10-11-12-13-14-15-16-17-18-19-20-22-31-24-26(30-3)25-33-34(28,29)32-23-21-27-2/h12-13,26-27H,4-11,14-25H2,1-3H3,(H,28,29). The summed E-state index contributed by atoms with van der Waals surface area (Å²) in [7, 11) is -0.776. The van der Waals surface area contributed by atoms with Crippen molar-refractivity contribution in [1.82, 2.24) is 5.32 Å². The van der Waals surface area contributed by atoms with E-state index in [0.717, 1.165) is 12.8 Å². The first-order valence-electron chi connectivity index (χ1n) is 13.6. The predicted molar refractivity (Wildman–Crippen MR) is 141 cm³/mol. The van der Waals surface area contributed by atoms with Crippen molar-refractivity contribution in [2.45, 2.75) is 109 Å². The summed E-state index contributed by atoms with van der Waals surface area (Å²) in [6.45, 7) is 3.80. The van der Waals surface area contributed by atoms with Crippen LogP contribution in [-0.4, -0.2) is 58.1 Å². The van der Waals surface area contributed by atoms with Crippen LogP contribution in [0.25, 0.3) is 0 Å². The first kappa shape index (κ1) is 33.7. The summed E-state index contributed by atoms with van der Waals surface area (Å²) in [5.74, 6) is 0. The highest BCUT2D eigenvalue weighted by Gasteiger charge is 2.23. The van der Waals surface area contributed by atoms with E-state index < -0.39 is 13.9 Å². The molecule has 7 nitrogen and oxygen atoms in total. The summed E-state index contributed by atoms with van der Waals surface area (Å²) in [5, 5.41) is 2.83. The average molecular weight is 508 g/mol. The first-order valence-corrected chi connectivity index (χ1v) is 15.1. The third-order valence-electron chi connectivity index (χ3n) is 5.72. The van der Waals surface area contributed by atoms with E-state index in [-0.39, 0.29) is 13.2 Å². The van der Waals surface area contributed by atoms with Crippen molar-refractivity contribution >= 4 is 7.82 Å². The van der Waals surface area contributed by atoms with E-state index in [9.17, 15) is 9.46 Å². The first-order chi connectivity index (χ1) is 16.6. The SMILES string of the molecule is CCCCCCCCCC=CCCCCCCCCOCC(COP(=O)(O)OCCNC)OC. The number of hydrogen-bond donors (Lipinski definition) is 2. The molecule has 0 aliphatic heterocycles. The normalized spacial score (nSPS) is 14.6. The number of allylic oxidation sites excluding steroid dienone is 2. The second-order valence-corrected chi connectivity index (χ2v) is 10.4. The van der Waals surface area contributed by atoms with Crippen LogP contribution < -0.4 is 5.32 Å². The molecule has 0 rings (SSSR count). The molecular formula is C26H54NO6P. The Morgan fingerprint density at radius 3 is 1.91 bits per heavy atom. The van der Waals surface area contributed by atoms with Gasteiger partial charge >= 0.3 is 7.82 Å². The highest BCUT2D eigenvalue weighted by molar-refractivity contribution is 7.47. The highest BCUT2D eigenvalue weighted by atomic mass is 31.2. The Kier molecular flexibility index (Phi) is 25.6. The molecule has 2 atom stereocenters. The Labute approximate surface area is 210 Å². The summed E-state index contributed by atoms with van der Waals surface area (Å²) in [4.78, 5) is 9.60. The predicted octanol–water partition coefficient (Wildman–Crippen LogP) is 6.80. The Bertz CT molecular complexity index is 492. The fourth-order valence-electron chi connectivity index (χ4n) is 3.51. The monoisotopic (exact) mass is 507 g/mol. The number of methoxy groups -OCH3 is 1. The Hall–Kier alpha value is -0.270. The molecule has 204 valence electrons. The summed E-state index contributed by atoms with van der Waals surface area (Å²) in [6.07, 6.45) is 23.7. The highest BCUT2D eigenvalue weighted by Crippen LogP contribution is 2.43. The second kappa shape index (κ2) is 25.8. The molecule has 8 heteroatoms. The quantitative estimate of drug-likeness (QED) is 0.0718. The van der Waals surface area contributed by atoms with Gasteiger partial charge in [0.1, 0.15) is 6.10 Å². The van der Waals surface area contributed by atoms with Gasteiger partial charge < -0.3 is 19.7 Å². The smallest absolute Gasteiger partial charge is 0.379 e. The van der Waals surface area contributed by atoms with Crippen LogP contribution in [0.2, 0.25) is 0 Å². The molecule has 0 saturated heterocycles. The van der Waals surface area contributed by atoms with Crippen molar-refractivity contribution < 1.29 is 28.0 Å². The Balaban J connectivity index is 3.44. The van der Waals surface area contributed by atoms with E-state index in [4.69, 9.17) is 18.5 Å². The molecule has 0 aromatic heterocycles. The lowest BCUT2D eigenvalue weighted by Gasteiger charge is -2.18. The molecule has 0 saturated carbocycles. The Morgan fingerprint density at radius 1 is 0.794 bits per heavy atom. The molecule has 0 amide bonds. The topological polar surface area (TPSA) is 86.3 Å². The molecular weight excluding hydrogens is 453 g/mol. The zero-order valence-electron chi connectivity index (χ0n) is 22.3.